The maximum Gasteiger partial charge on any atom is 0.0642 e. The van der Waals surface area contributed by atoms with Gasteiger partial charge in [0, 0.05) is 13.7 Å². The van der Waals surface area contributed by atoms with E-state index in [1.807, 2.05) is 7.05 Å². The van der Waals surface area contributed by atoms with Crippen molar-refractivity contribution in [1.82, 2.24) is 5.32 Å². The highest BCUT2D eigenvalue weighted by Crippen LogP contribution is 1.91. The third-order valence-electron chi connectivity index (χ3n) is 1.74. The van der Waals surface area contributed by atoms with E-state index >= 15 is 0 Å². The normalized spacial score (nSPS) is 13.2. The number of unbranched alkanes of at least 4 members (excludes halogenated alkanes) is 1. The fraction of sp³-hybridized carbons (Fsp3) is 1.00. The summed E-state index contributed by atoms with van der Waals surface area (Å²) < 4.78 is 10.4. The zero-order chi connectivity index (χ0) is 9.23. The summed E-state index contributed by atoms with van der Waals surface area (Å²) in [5.74, 6) is 0. The first kappa shape index (κ1) is 11.9. The molecular weight excluding hydrogens is 154 g/mol. The minimum absolute atomic E-state index is 0.326. The second-order valence-corrected chi connectivity index (χ2v) is 2.87. The van der Waals surface area contributed by atoms with Crippen LogP contribution < -0.4 is 5.32 Å². The molecule has 74 valence electrons. The number of hydrogen-bond acceptors (Lipinski definition) is 3. The number of likely N-dealkylation sites (N-methyl/N-ethyl adjacent to an activating group) is 1. The van der Waals surface area contributed by atoms with Crippen molar-refractivity contribution in [2.75, 3.05) is 34.0 Å². The molecule has 1 N–H and O–H groups in total. The van der Waals surface area contributed by atoms with Gasteiger partial charge in [0.2, 0.25) is 0 Å². The van der Waals surface area contributed by atoms with Crippen LogP contribution in [0.25, 0.3) is 0 Å². The summed E-state index contributed by atoms with van der Waals surface area (Å²) in [5.41, 5.74) is 0. The molecule has 0 radical (unpaired) electrons. The largest absolute Gasteiger partial charge is 0.383 e. The standard InChI is InChI=1S/C9H21NO2/c1-4-5-6-12-8-9(10-2)7-11-3/h9-10H,4-8H2,1-3H3. The van der Waals surface area contributed by atoms with Gasteiger partial charge in [-0.25, -0.2) is 0 Å². The van der Waals surface area contributed by atoms with Crippen molar-refractivity contribution in [3.63, 3.8) is 0 Å². The Morgan fingerprint density at radius 1 is 1.33 bits per heavy atom. The van der Waals surface area contributed by atoms with E-state index in [-0.39, 0.29) is 0 Å². The molecule has 0 spiro atoms. The van der Waals surface area contributed by atoms with Gasteiger partial charge >= 0.3 is 0 Å². The predicted octanol–water partition coefficient (Wildman–Crippen LogP) is 1.04. The molecule has 0 fully saturated rings. The molecule has 0 rings (SSSR count). The summed E-state index contributed by atoms with van der Waals surface area (Å²) in [5, 5.41) is 3.13. The zero-order valence-corrected chi connectivity index (χ0v) is 8.43. The van der Waals surface area contributed by atoms with E-state index in [9.17, 15) is 0 Å². The van der Waals surface area contributed by atoms with Gasteiger partial charge in [0.05, 0.1) is 19.3 Å². The first-order valence-electron chi connectivity index (χ1n) is 4.59. The van der Waals surface area contributed by atoms with Crippen molar-refractivity contribution in [2.45, 2.75) is 25.8 Å². The predicted molar refractivity (Wildman–Crippen MR) is 50.5 cm³/mol. The molecule has 0 aromatic heterocycles. The Balaban J connectivity index is 3.19. The molecule has 0 aliphatic heterocycles. The summed E-state index contributed by atoms with van der Waals surface area (Å²) in [7, 11) is 3.63. The number of methoxy groups -OCH3 is 1. The Morgan fingerprint density at radius 3 is 2.58 bits per heavy atom. The molecule has 0 saturated carbocycles. The lowest BCUT2D eigenvalue weighted by molar-refractivity contribution is 0.0755. The first-order valence-corrected chi connectivity index (χ1v) is 4.59. The number of nitrogens with one attached hydrogen (secondary N) is 1. The summed E-state index contributed by atoms with van der Waals surface area (Å²) in [6.07, 6.45) is 2.33. The van der Waals surface area contributed by atoms with Gasteiger partial charge in [0.1, 0.15) is 0 Å². The van der Waals surface area contributed by atoms with E-state index in [1.54, 1.807) is 7.11 Å². The second-order valence-electron chi connectivity index (χ2n) is 2.87. The van der Waals surface area contributed by atoms with Gasteiger partial charge in [0.25, 0.3) is 0 Å². The second kappa shape index (κ2) is 8.97. The molecule has 0 aromatic carbocycles. The summed E-state index contributed by atoms with van der Waals surface area (Å²) >= 11 is 0. The lowest BCUT2D eigenvalue weighted by atomic mass is 10.3. The van der Waals surface area contributed by atoms with Gasteiger partial charge in [-0.05, 0) is 13.5 Å². The number of hydrogen-bond donors (Lipinski definition) is 1. The highest BCUT2D eigenvalue weighted by atomic mass is 16.5. The molecule has 1 unspecified atom stereocenters. The average Bonchev–Trinajstić information content (AvgIpc) is 2.10. The van der Waals surface area contributed by atoms with Gasteiger partial charge < -0.3 is 14.8 Å². The zero-order valence-electron chi connectivity index (χ0n) is 8.43. The van der Waals surface area contributed by atoms with Gasteiger partial charge in [0.15, 0.2) is 0 Å². The van der Waals surface area contributed by atoms with Crippen molar-refractivity contribution in [1.29, 1.82) is 0 Å². The molecule has 0 aliphatic rings. The monoisotopic (exact) mass is 175 g/mol. The molecule has 0 saturated heterocycles. The number of ether oxygens (including phenoxy) is 2. The van der Waals surface area contributed by atoms with Crippen molar-refractivity contribution < 1.29 is 9.47 Å². The minimum atomic E-state index is 0.326. The molecule has 0 bridgehead atoms. The van der Waals surface area contributed by atoms with Crippen molar-refractivity contribution in [2.24, 2.45) is 0 Å². The minimum Gasteiger partial charge on any atom is -0.383 e. The highest BCUT2D eigenvalue weighted by Gasteiger charge is 2.03. The molecule has 0 heterocycles. The van der Waals surface area contributed by atoms with Crippen molar-refractivity contribution in [3.8, 4) is 0 Å². The van der Waals surface area contributed by atoms with Crippen LogP contribution in [-0.2, 0) is 9.47 Å². The van der Waals surface area contributed by atoms with E-state index in [2.05, 4.69) is 12.2 Å². The topological polar surface area (TPSA) is 30.5 Å². The van der Waals surface area contributed by atoms with Crippen LogP contribution in [0, 0.1) is 0 Å². The maximum absolute atomic E-state index is 5.44. The van der Waals surface area contributed by atoms with Gasteiger partial charge in [-0.1, -0.05) is 13.3 Å². The average molecular weight is 175 g/mol. The van der Waals surface area contributed by atoms with Crippen LogP contribution >= 0.6 is 0 Å². The number of rotatable bonds is 8. The van der Waals surface area contributed by atoms with Crippen LogP contribution in [0.15, 0.2) is 0 Å². The fourth-order valence-corrected chi connectivity index (χ4v) is 0.888. The Bertz CT molecular complexity index is 88.6. The molecule has 1 atom stereocenters. The Hall–Kier alpha value is -0.120. The SMILES string of the molecule is CCCCOCC(COC)NC. The molecular formula is C9H21NO2. The van der Waals surface area contributed by atoms with Crippen molar-refractivity contribution >= 4 is 0 Å². The Labute approximate surface area is 75.4 Å². The van der Waals surface area contributed by atoms with Crippen LogP contribution in [0.5, 0.6) is 0 Å². The van der Waals surface area contributed by atoms with Gasteiger partial charge in [-0.2, -0.15) is 0 Å². The van der Waals surface area contributed by atoms with Crippen LogP contribution in [0.4, 0.5) is 0 Å². The molecule has 12 heavy (non-hydrogen) atoms. The Kier molecular flexibility index (Phi) is 8.88. The highest BCUT2D eigenvalue weighted by molar-refractivity contribution is 4.61. The first-order chi connectivity index (χ1) is 5.85. The van der Waals surface area contributed by atoms with E-state index < -0.39 is 0 Å². The Morgan fingerprint density at radius 2 is 2.08 bits per heavy atom. The van der Waals surface area contributed by atoms with Crippen LogP contribution in [-0.4, -0.2) is 40.0 Å². The smallest absolute Gasteiger partial charge is 0.0642 e. The molecule has 3 nitrogen and oxygen atoms in total. The summed E-state index contributed by atoms with van der Waals surface area (Å²) in [4.78, 5) is 0. The summed E-state index contributed by atoms with van der Waals surface area (Å²) in [6.45, 7) is 4.47. The third-order valence-corrected chi connectivity index (χ3v) is 1.74. The van der Waals surface area contributed by atoms with Crippen molar-refractivity contribution in [3.05, 3.63) is 0 Å². The molecule has 0 aromatic rings. The molecule has 0 aliphatic carbocycles. The maximum atomic E-state index is 5.44. The van der Waals surface area contributed by atoms with Crippen LogP contribution in [0.3, 0.4) is 0 Å². The van der Waals surface area contributed by atoms with Crippen LogP contribution in [0.1, 0.15) is 19.8 Å². The lowest BCUT2D eigenvalue weighted by Crippen LogP contribution is -2.34. The third kappa shape index (κ3) is 6.58. The van der Waals surface area contributed by atoms with E-state index in [0.29, 0.717) is 12.6 Å². The van der Waals surface area contributed by atoms with Gasteiger partial charge in [-0.15, -0.1) is 0 Å². The lowest BCUT2D eigenvalue weighted by Gasteiger charge is -2.14. The molecule has 3 heteroatoms. The van der Waals surface area contributed by atoms with E-state index in [4.69, 9.17) is 9.47 Å². The van der Waals surface area contributed by atoms with E-state index in [1.165, 1.54) is 6.42 Å². The van der Waals surface area contributed by atoms with Crippen LogP contribution in [0.2, 0.25) is 0 Å². The molecule has 0 amide bonds. The van der Waals surface area contributed by atoms with E-state index in [0.717, 1.165) is 19.6 Å². The fourth-order valence-electron chi connectivity index (χ4n) is 0.888. The summed E-state index contributed by atoms with van der Waals surface area (Å²) in [6, 6.07) is 0.326. The van der Waals surface area contributed by atoms with Gasteiger partial charge in [-0.3, -0.25) is 0 Å². The quantitative estimate of drug-likeness (QED) is 0.559.